The van der Waals surface area contributed by atoms with Gasteiger partial charge in [0.1, 0.15) is 5.75 Å². The lowest BCUT2D eigenvalue weighted by Crippen LogP contribution is -2.20. The van der Waals surface area contributed by atoms with Crippen LogP contribution in [0.2, 0.25) is 5.02 Å². The number of halogens is 3. The van der Waals surface area contributed by atoms with Crippen molar-refractivity contribution >= 4 is 67.3 Å². The summed E-state index contributed by atoms with van der Waals surface area (Å²) in [5, 5.41) is 23.6. The molecule has 1 aromatic heterocycles. The third-order valence-electron chi connectivity index (χ3n) is 3.92. The van der Waals surface area contributed by atoms with E-state index in [4.69, 9.17) is 11.6 Å². The molecule has 2 aromatic carbocycles. The van der Waals surface area contributed by atoms with Gasteiger partial charge in [-0.05, 0) is 59.3 Å². The van der Waals surface area contributed by atoms with Crippen molar-refractivity contribution in [1.82, 2.24) is 20.2 Å². The molecule has 0 radical (unpaired) electrons. The number of benzene rings is 2. The molecule has 0 bridgehead atoms. The number of hydrogen-bond acceptors (Lipinski definition) is 6. The Labute approximate surface area is 199 Å². The third kappa shape index (κ3) is 5.63. The molecule has 7 nitrogen and oxygen atoms in total. The Bertz CT molecular complexity index is 1090. The highest BCUT2D eigenvalue weighted by molar-refractivity contribution is 9.11. The predicted octanol–water partition coefficient (Wildman–Crippen LogP) is 5.09. The summed E-state index contributed by atoms with van der Waals surface area (Å²) in [6.45, 7) is 2.64. The number of nitrogens with one attached hydrogen (secondary N) is 1. The molecule has 0 atom stereocenters. The first kappa shape index (κ1) is 22.8. The number of aromatic nitrogens is 3. The lowest BCUT2D eigenvalue weighted by molar-refractivity contribution is -0.118. The van der Waals surface area contributed by atoms with Gasteiger partial charge in [-0.3, -0.25) is 4.79 Å². The van der Waals surface area contributed by atoms with Crippen LogP contribution in [0, 0.1) is 0 Å². The van der Waals surface area contributed by atoms with E-state index in [1.54, 1.807) is 24.3 Å². The minimum Gasteiger partial charge on any atom is -0.506 e. The van der Waals surface area contributed by atoms with Gasteiger partial charge in [0.05, 0.1) is 16.4 Å². The molecule has 0 aliphatic carbocycles. The number of phenols is 1. The predicted molar refractivity (Wildman–Crippen MR) is 126 cm³/mol. The average molecular weight is 574 g/mol. The van der Waals surface area contributed by atoms with Crippen LogP contribution in [0.3, 0.4) is 0 Å². The van der Waals surface area contributed by atoms with Gasteiger partial charge in [0.25, 0.3) is 5.91 Å². The first-order chi connectivity index (χ1) is 14.4. The van der Waals surface area contributed by atoms with Gasteiger partial charge in [-0.25, -0.2) is 5.43 Å². The Kier molecular flexibility index (Phi) is 7.93. The fraction of sp³-hybridized carbons (Fsp3) is 0.158. The van der Waals surface area contributed by atoms with E-state index in [0.29, 0.717) is 32.6 Å². The fourth-order valence-electron chi connectivity index (χ4n) is 2.51. The van der Waals surface area contributed by atoms with Crippen LogP contribution in [0.25, 0.3) is 11.4 Å². The molecular weight excluding hydrogens is 558 g/mol. The topological polar surface area (TPSA) is 92.4 Å². The number of hydrogen-bond donors (Lipinski definition) is 2. The zero-order valence-electron chi connectivity index (χ0n) is 15.6. The smallest absolute Gasteiger partial charge is 0.250 e. The van der Waals surface area contributed by atoms with Gasteiger partial charge in [0, 0.05) is 27.2 Å². The van der Waals surface area contributed by atoms with Gasteiger partial charge in [0.2, 0.25) is 0 Å². The van der Waals surface area contributed by atoms with Crippen molar-refractivity contribution < 1.29 is 9.90 Å². The summed E-state index contributed by atoms with van der Waals surface area (Å²) in [5.74, 6) is 0.565. The Hall–Kier alpha value is -1.88. The number of hydrazone groups is 1. The van der Waals surface area contributed by atoms with Crippen molar-refractivity contribution in [2.75, 3.05) is 5.75 Å². The Morgan fingerprint density at radius 1 is 1.30 bits per heavy atom. The zero-order chi connectivity index (χ0) is 21.7. The summed E-state index contributed by atoms with van der Waals surface area (Å²) < 4.78 is 3.23. The summed E-state index contributed by atoms with van der Waals surface area (Å²) >= 11 is 13.8. The van der Waals surface area contributed by atoms with Crippen molar-refractivity contribution in [3.8, 4) is 17.1 Å². The van der Waals surface area contributed by atoms with Crippen molar-refractivity contribution in [3.05, 3.63) is 55.9 Å². The Morgan fingerprint density at radius 2 is 2.03 bits per heavy atom. The van der Waals surface area contributed by atoms with Crippen molar-refractivity contribution in [1.29, 1.82) is 0 Å². The van der Waals surface area contributed by atoms with Gasteiger partial charge >= 0.3 is 0 Å². The van der Waals surface area contributed by atoms with E-state index in [9.17, 15) is 9.90 Å². The molecule has 0 fully saturated rings. The maximum Gasteiger partial charge on any atom is 0.250 e. The molecule has 0 saturated carbocycles. The van der Waals surface area contributed by atoms with Crippen LogP contribution < -0.4 is 5.43 Å². The van der Waals surface area contributed by atoms with Crippen LogP contribution in [0.4, 0.5) is 0 Å². The van der Waals surface area contributed by atoms with E-state index < -0.39 is 0 Å². The quantitative estimate of drug-likeness (QED) is 0.233. The van der Waals surface area contributed by atoms with E-state index in [2.05, 4.69) is 52.6 Å². The van der Waals surface area contributed by atoms with Crippen LogP contribution in [0.15, 0.2) is 55.6 Å². The largest absolute Gasteiger partial charge is 0.506 e. The summed E-state index contributed by atoms with van der Waals surface area (Å²) in [6.07, 6.45) is 1.38. The number of phenolic OH excluding ortho intramolecular Hbond substituents is 1. The molecule has 3 aromatic rings. The molecule has 0 unspecified atom stereocenters. The monoisotopic (exact) mass is 571 g/mol. The summed E-state index contributed by atoms with van der Waals surface area (Å²) in [6, 6.07) is 10.8. The van der Waals surface area contributed by atoms with Crippen molar-refractivity contribution in [2.45, 2.75) is 18.6 Å². The highest BCUT2D eigenvalue weighted by Crippen LogP contribution is 2.30. The third-order valence-corrected chi connectivity index (χ3v) is 6.20. The van der Waals surface area contributed by atoms with Crippen LogP contribution in [-0.2, 0) is 11.3 Å². The van der Waals surface area contributed by atoms with Gasteiger partial charge in [-0.1, -0.05) is 39.3 Å². The second kappa shape index (κ2) is 10.4. The second-order valence-electron chi connectivity index (χ2n) is 5.96. The van der Waals surface area contributed by atoms with Gasteiger partial charge in [-0.15, -0.1) is 10.2 Å². The van der Waals surface area contributed by atoms with Crippen LogP contribution in [0.5, 0.6) is 5.75 Å². The summed E-state index contributed by atoms with van der Waals surface area (Å²) in [5.41, 5.74) is 3.80. The first-order valence-electron chi connectivity index (χ1n) is 8.71. The van der Waals surface area contributed by atoms with E-state index >= 15 is 0 Å². The fourth-order valence-corrected chi connectivity index (χ4v) is 4.69. The van der Waals surface area contributed by atoms with E-state index in [-0.39, 0.29) is 17.4 Å². The first-order valence-corrected chi connectivity index (χ1v) is 11.7. The molecule has 1 amide bonds. The van der Waals surface area contributed by atoms with Crippen molar-refractivity contribution in [3.63, 3.8) is 0 Å². The number of thioether (sulfide) groups is 1. The molecule has 0 aliphatic rings. The second-order valence-corrected chi connectivity index (χ2v) is 9.11. The van der Waals surface area contributed by atoms with Crippen molar-refractivity contribution in [2.24, 2.45) is 5.10 Å². The standard InChI is InChI=1S/C19H16Br2ClN5O2S/c1-2-27-18(11-3-5-14(22)6-4-11)25-26-19(27)30-10-16(28)24-23-9-12-7-13(20)8-15(21)17(12)29/h3-9,29H,2,10H2,1H3,(H,24,28). The molecule has 0 saturated heterocycles. The van der Waals surface area contributed by atoms with Gasteiger partial charge in [-0.2, -0.15) is 5.10 Å². The minimum atomic E-state index is -0.302. The molecule has 30 heavy (non-hydrogen) atoms. The molecule has 3 rings (SSSR count). The minimum absolute atomic E-state index is 0.0383. The SMILES string of the molecule is CCn1c(SCC(=O)NN=Cc2cc(Br)cc(Br)c2O)nnc1-c1ccc(Cl)cc1. The molecule has 11 heteroatoms. The number of carbonyl (C=O) groups is 1. The van der Waals surface area contributed by atoms with E-state index in [1.165, 1.54) is 18.0 Å². The lowest BCUT2D eigenvalue weighted by Gasteiger charge is -2.07. The Balaban J connectivity index is 1.62. The number of rotatable bonds is 7. The molecule has 1 heterocycles. The lowest BCUT2D eigenvalue weighted by atomic mass is 10.2. The van der Waals surface area contributed by atoms with Gasteiger partial charge in [0.15, 0.2) is 11.0 Å². The number of aromatic hydroxyl groups is 1. The number of carbonyl (C=O) groups excluding carboxylic acids is 1. The van der Waals surface area contributed by atoms with Crippen LogP contribution in [0.1, 0.15) is 12.5 Å². The molecular formula is C19H16Br2ClN5O2S. The Morgan fingerprint density at radius 3 is 2.73 bits per heavy atom. The summed E-state index contributed by atoms with van der Waals surface area (Å²) in [7, 11) is 0. The number of amides is 1. The molecule has 0 aliphatic heterocycles. The zero-order valence-corrected chi connectivity index (χ0v) is 20.4. The molecule has 156 valence electrons. The number of nitrogens with zero attached hydrogens (tertiary/aromatic N) is 4. The maximum absolute atomic E-state index is 12.1. The van der Waals surface area contributed by atoms with Gasteiger partial charge < -0.3 is 9.67 Å². The normalized spacial score (nSPS) is 11.2. The summed E-state index contributed by atoms with van der Waals surface area (Å²) in [4.78, 5) is 12.1. The molecule has 0 spiro atoms. The highest BCUT2D eigenvalue weighted by Gasteiger charge is 2.14. The van der Waals surface area contributed by atoms with E-state index in [1.807, 2.05) is 23.6 Å². The van der Waals surface area contributed by atoms with Crippen LogP contribution >= 0.6 is 55.2 Å². The molecule has 2 N–H and O–H groups in total. The van der Waals surface area contributed by atoms with E-state index in [0.717, 1.165) is 10.0 Å². The van der Waals surface area contributed by atoms with Crippen LogP contribution in [-0.4, -0.2) is 37.7 Å². The maximum atomic E-state index is 12.1. The average Bonchev–Trinajstić information content (AvgIpc) is 3.13. The highest BCUT2D eigenvalue weighted by atomic mass is 79.9.